The van der Waals surface area contributed by atoms with Crippen molar-refractivity contribution in [1.29, 1.82) is 0 Å². The summed E-state index contributed by atoms with van der Waals surface area (Å²) in [6, 6.07) is 2.87. The van der Waals surface area contributed by atoms with E-state index in [2.05, 4.69) is 4.98 Å². The first-order valence-corrected chi connectivity index (χ1v) is 4.72. The molecule has 0 spiro atoms. The van der Waals surface area contributed by atoms with Crippen molar-refractivity contribution in [1.82, 2.24) is 4.98 Å². The monoisotopic (exact) mass is 219 g/mol. The van der Waals surface area contributed by atoms with Gasteiger partial charge in [-0.25, -0.2) is 4.98 Å². The molecule has 0 aliphatic carbocycles. The number of pyridine rings is 1. The molecule has 1 aromatic heterocycles. The smallest absolute Gasteiger partial charge is 0.218 e. The van der Waals surface area contributed by atoms with Crippen molar-refractivity contribution in [3.63, 3.8) is 0 Å². The summed E-state index contributed by atoms with van der Waals surface area (Å²) < 4.78 is 13.0. The van der Waals surface area contributed by atoms with E-state index in [0.29, 0.717) is 0 Å². The van der Waals surface area contributed by atoms with Crippen molar-refractivity contribution >= 4 is 11.6 Å². The Morgan fingerprint density at radius 3 is 2.79 bits per heavy atom. The van der Waals surface area contributed by atoms with Crippen LogP contribution in [0.5, 0.6) is 0 Å². The average Bonchev–Trinajstić information content (AvgIpc) is 2.18. The lowest BCUT2D eigenvalue weighted by Crippen LogP contribution is -2.20. The van der Waals surface area contributed by atoms with E-state index < -0.39 is 18.2 Å². The third-order valence-electron chi connectivity index (χ3n) is 1.88. The Kier molecular flexibility index (Phi) is 4.25. The van der Waals surface area contributed by atoms with Crippen LogP contribution in [0.2, 0.25) is 0 Å². The number of aromatic nitrogens is 1. The summed E-state index contributed by atoms with van der Waals surface area (Å²) in [7, 11) is 0. The molecule has 2 N–H and O–H groups in total. The first kappa shape index (κ1) is 11.4. The first-order valence-electron chi connectivity index (χ1n) is 4.19. The van der Waals surface area contributed by atoms with E-state index in [1.54, 1.807) is 0 Å². The number of hydrogen-bond donors (Lipinski definition) is 2. The van der Waals surface area contributed by atoms with Gasteiger partial charge in [0.05, 0.1) is 6.10 Å². The SMILES string of the molecule is OC(CCCl)C(O)c1cccnc1F. The summed E-state index contributed by atoms with van der Waals surface area (Å²) in [5.74, 6) is -0.561. The van der Waals surface area contributed by atoms with Crippen LogP contribution in [-0.4, -0.2) is 27.2 Å². The van der Waals surface area contributed by atoms with E-state index >= 15 is 0 Å². The third-order valence-corrected chi connectivity index (χ3v) is 2.09. The lowest BCUT2D eigenvalue weighted by atomic mass is 10.0. The Balaban J connectivity index is 2.78. The van der Waals surface area contributed by atoms with E-state index in [4.69, 9.17) is 11.6 Å². The van der Waals surface area contributed by atoms with Gasteiger partial charge in [-0.1, -0.05) is 6.07 Å². The van der Waals surface area contributed by atoms with Gasteiger partial charge in [0.15, 0.2) is 0 Å². The predicted octanol–water partition coefficient (Wildman–Crippen LogP) is 1.24. The van der Waals surface area contributed by atoms with Gasteiger partial charge in [0, 0.05) is 17.6 Å². The van der Waals surface area contributed by atoms with Gasteiger partial charge in [-0.2, -0.15) is 4.39 Å². The van der Waals surface area contributed by atoms with E-state index in [9.17, 15) is 14.6 Å². The van der Waals surface area contributed by atoms with Crippen molar-refractivity contribution in [2.45, 2.75) is 18.6 Å². The Morgan fingerprint density at radius 2 is 2.21 bits per heavy atom. The highest BCUT2D eigenvalue weighted by molar-refractivity contribution is 6.17. The number of aliphatic hydroxyl groups excluding tert-OH is 2. The zero-order valence-electron chi connectivity index (χ0n) is 7.40. The van der Waals surface area contributed by atoms with E-state index in [1.165, 1.54) is 18.3 Å². The van der Waals surface area contributed by atoms with Gasteiger partial charge >= 0.3 is 0 Å². The molecule has 1 aromatic rings. The molecule has 1 heterocycles. The van der Waals surface area contributed by atoms with E-state index in [-0.39, 0.29) is 17.9 Å². The van der Waals surface area contributed by atoms with Crippen LogP contribution in [-0.2, 0) is 0 Å². The molecule has 0 bridgehead atoms. The highest BCUT2D eigenvalue weighted by atomic mass is 35.5. The number of aliphatic hydroxyl groups is 2. The number of hydrogen-bond acceptors (Lipinski definition) is 3. The lowest BCUT2D eigenvalue weighted by Gasteiger charge is -2.16. The number of nitrogens with zero attached hydrogens (tertiary/aromatic N) is 1. The Hall–Kier alpha value is -0.710. The minimum atomic E-state index is -1.28. The van der Waals surface area contributed by atoms with Crippen LogP contribution < -0.4 is 0 Å². The van der Waals surface area contributed by atoms with Crippen molar-refractivity contribution in [2.24, 2.45) is 0 Å². The quantitative estimate of drug-likeness (QED) is 0.592. The van der Waals surface area contributed by atoms with Gasteiger partial charge in [0.2, 0.25) is 5.95 Å². The second-order valence-corrected chi connectivity index (χ2v) is 3.25. The zero-order chi connectivity index (χ0) is 10.6. The minimum Gasteiger partial charge on any atom is -0.390 e. The summed E-state index contributed by atoms with van der Waals surface area (Å²) in [5, 5.41) is 18.9. The van der Waals surface area contributed by atoms with Gasteiger partial charge in [0.1, 0.15) is 6.10 Å². The summed E-state index contributed by atoms with van der Waals surface area (Å²) in [5.41, 5.74) is -0.00915. The molecule has 2 atom stereocenters. The molecule has 3 nitrogen and oxygen atoms in total. The van der Waals surface area contributed by atoms with Gasteiger partial charge in [-0.15, -0.1) is 11.6 Å². The number of rotatable bonds is 4. The fourth-order valence-corrected chi connectivity index (χ4v) is 1.32. The molecule has 1 rings (SSSR count). The molecule has 0 aromatic carbocycles. The topological polar surface area (TPSA) is 53.4 Å². The second kappa shape index (κ2) is 5.24. The van der Waals surface area contributed by atoms with Crippen LogP contribution >= 0.6 is 11.6 Å². The molecule has 78 valence electrons. The molecule has 2 unspecified atom stereocenters. The molecule has 14 heavy (non-hydrogen) atoms. The maximum atomic E-state index is 13.0. The molecule has 5 heteroatoms. The molecule has 0 saturated heterocycles. The van der Waals surface area contributed by atoms with Gasteiger partial charge in [0.25, 0.3) is 0 Å². The molecule has 0 aliphatic heterocycles. The molecule has 0 radical (unpaired) electrons. The van der Waals surface area contributed by atoms with Crippen LogP contribution in [0.25, 0.3) is 0 Å². The highest BCUT2D eigenvalue weighted by Crippen LogP contribution is 2.20. The van der Waals surface area contributed by atoms with Crippen LogP contribution in [0.1, 0.15) is 18.1 Å². The van der Waals surface area contributed by atoms with Crippen molar-refractivity contribution in [3.05, 3.63) is 29.8 Å². The number of alkyl halides is 1. The van der Waals surface area contributed by atoms with Crippen molar-refractivity contribution in [3.8, 4) is 0 Å². The van der Waals surface area contributed by atoms with Gasteiger partial charge in [-0.05, 0) is 12.5 Å². The first-order chi connectivity index (χ1) is 6.66. The zero-order valence-corrected chi connectivity index (χ0v) is 8.15. The maximum Gasteiger partial charge on any atom is 0.218 e. The van der Waals surface area contributed by atoms with Gasteiger partial charge in [-0.3, -0.25) is 0 Å². The molecule has 0 amide bonds. The number of halogens is 2. The summed E-state index contributed by atoms with van der Waals surface area (Å²) in [6.45, 7) is 0. The van der Waals surface area contributed by atoms with Gasteiger partial charge < -0.3 is 10.2 Å². The molecular formula is C9H11ClFNO2. The van der Waals surface area contributed by atoms with Crippen LogP contribution in [0.4, 0.5) is 4.39 Å². The van der Waals surface area contributed by atoms with Crippen molar-refractivity contribution < 1.29 is 14.6 Å². The molecular weight excluding hydrogens is 209 g/mol. The predicted molar refractivity (Wildman–Crippen MR) is 50.5 cm³/mol. The van der Waals surface area contributed by atoms with Crippen molar-refractivity contribution in [2.75, 3.05) is 5.88 Å². The Morgan fingerprint density at radius 1 is 1.50 bits per heavy atom. The van der Waals surface area contributed by atoms with Crippen LogP contribution in [0, 0.1) is 5.95 Å². The summed E-state index contributed by atoms with van der Waals surface area (Å²) >= 11 is 5.39. The molecule has 0 aliphatic rings. The maximum absolute atomic E-state index is 13.0. The second-order valence-electron chi connectivity index (χ2n) is 2.87. The average molecular weight is 220 g/mol. The third kappa shape index (κ3) is 2.64. The fourth-order valence-electron chi connectivity index (χ4n) is 1.10. The largest absolute Gasteiger partial charge is 0.390 e. The molecule has 0 saturated carbocycles. The van der Waals surface area contributed by atoms with E-state index in [1.807, 2.05) is 0 Å². The van der Waals surface area contributed by atoms with E-state index in [0.717, 1.165) is 0 Å². The Labute approximate surface area is 86.2 Å². The Bertz CT molecular complexity index is 298. The summed E-state index contributed by atoms with van der Waals surface area (Å²) in [6.07, 6.45) is -0.857. The minimum absolute atomic E-state index is 0.00915. The van der Waals surface area contributed by atoms with Crippen LogP contribution in [0.15, 0.2) is 18.3 Å². The highest BCUT2D eigenvalue weighted by Gasteiger charge is 2.21. The fraction of sp³-hybridized carbons (Fsp3) is 0.444. The molecule has 0 fully saturated rings. The lowest BCUT2D eigenvalue weighted by molar-refractivity contribution is 0.0145. The standard InChI is InChI=1S/C9H11ClFNO2/c10-4-3-7(13)8(14)6-2-1-5-12-9(6)11/h1-2,5,7-8,13-14H,3-4H2. The summed E-state index contributed by atoms with van der Waals surface area (Å²) in [4.78, 5) is 3.37. The normalized spacial score (nSPS) is 15.1. The van der Waals surface area contributed by atoms with Crippen LogP contribution in [0.3, 0.4) is 0 Å².